The zero-order valence-electron chi connectivity index (χ0n) is 56.8. The molecule has 0 radical (unpaired) electrons. The monoisotopic (exact) mass is 1470 g/mol. The van der Waals surface area contributed by atoms with Crippen LogP contribution >= 0.6 is 0 Å². The second-order valence-corrected chi connectivity index (χ2v) is 24.0. The van der Waals surface area contributed by atoms with Gasteiger partial charge in [0.15, 0.2) is 0 Å². The van der Waals surface area contributed by atoms with Crippen LogP contribution < -0.4 is 86.3 Å². The van der Waals surface area contributed by atoms with Crippen molar-refractivity contribution < 1.29 is 127 Å². The van der Waals surface area contributed by atoms with E-state index in [1.54, 1.807) is 6.07 Å². The highest BCUT2D eigenvalue weighted by Crippen LogP contribution is 2.19. The Bertz CT molecular complexity index is 3200. The van der Waals surface area contributed by atoms with Gasteiger partial charge in [-0.3, -0.25) is 81.5 Å². The first-order chi connectivity index (χ1) is 48.4. The third-order valence-corrected chi connectivity index (χ3v) is 15.5. The second-order valence-electron chi connectivity index (χ2n) is 24.0. The summed E-state index contributed by atoms with van der Waals surface area (Å²) in [5, 5.41) is 107. The van der Waals surface area contributed by atoms with E-state index in [1.807, 2.05) is 5.32 Å². The third kappa shape index (κ3) is 29.5. The fourth-order valence-electron chi connectivity index (χ4n) is 9.54. The van der Waals surface area contributed by atoms with Crippen LogP contribution in [-0.4, -0.2) is 289 Å². The molecule has 2 rings (SSSR count). The number of carboxylic acids is 2. The first-order valence-electron chi connectivity index (χ1n) is 32.1. The number of rotatable bonds is 45. The van der Waals surface area contributed by atoms with E-state index >= 15 is 0 Å². The molecule has 0 bridgehead atoms. The SMILES string of the molecule is CC(C)[C@H](NC(=O)[C@@H](N)CO)C(=O)N[C@@H](CO)C(=O)N[C@@H](CO)C(=O)N[C@@H](CCC(N)=O)C(=O)N[C@@H](Cc1ccccc1)C(=O)N[C@@H](CO)C(=O)N[C@@H](CC(=O)O)C(=O)N[C@@H](C)C(=O)N[C@@H](C)C(=O)N[C@@H](CCC(N)=O)C(=O)N[C@@H](C)C(=O)N[C@@H](CO)C(=O)N1CCC[C@H]1C(=O)N[C@@H](CO)C(=O)O. The first-order valence-corrected chi connectivity index (χ1v) is 32.1. The molecule has 15 atom stereocenters. The molecule has 0 unspecified atom stereocenters. The number of nitrogens with one attached hydrogen (secondary N) is 13. The van der Waals surface area contributed by atoms with E-state index in [0.29, 0.717) is 5.56 Å². The number of primary amides is 2. The van der Waals surface area contributed by atoms with Crippen molar-refractivity contribution in [3.8, 4) is 0 Å². The lowest BCUT2D eigenvalue weighted by Gasteiger charge is -2.29. The van der Waals surface area contributed by atoms with Crippen molar-refractivity contribution in [2.24, 2.45) is 23.1 Å². The molecule has 43 heteroatoms. The molecule has 1 saturated heterocycles. The number of aliphatic hydroxyl groups is 6. The van der Waals surface area contributed by atoms with Crippen molar-refractivity contribution in [2.45, 2.75) is 177 Å². The summed E-state index contributed by atoms with van der Waals surface area (Å²) in [6.45, 7) is -0.0984. The van der Waals surface area contributed by atoms with Crippen LogP contribution in [-0.2, 0) is 92.7 Å². The number of likely N-dealkylation sites (tertiary alicyclic amines) is 1. The van der Waals surface area contributed by atoms with Gasteiger partial charge in [0.1, 0.15) is 90.6 Å². The predicted octanol–water partition coefficient (Wildman–Crippen LogP) is -13.4. The minimum atomic E-state index is -2.09. The average molecular weight is 1470 g/mol. The molecule has 43 nitrogen and oxygen atoms in total. The fraction of sp³-hybridized carbons (Fsp3) is 0.600. The molecule has 1 fully saturated rings. The van der Waals surface area contributed by atoms with Gasteiger partial charge >= 0.3 is 11.9 Å². The molecule has 103 heavy (non-hydrogen) atoms. The van der Waals surface area contributed by atoms with E-state index < -0.39 is 281 Å². The number of aliphatic carboxylic acids is 2. The van der Waals surface area contributed by atoms with Gasteiger partial charge in [-0.05, 0) is 57.9 Å². The number of nitrogens with two attached hydrogens (primary N) is 3. The molecule has 0 spiro atoms. The maximum absolute atomic E-state index is 14.1. The van der Waals surface area contributed by atoms with Crippen molar-refractivity contribution in [1.82, 2.24) is 74.0 Å². The molecule has 0 saturated carbocycles. The summed E-state index contributed by atoms with van der Waals surface area (Å²) in [7, 11) is 0. The lowest BCUT2D eigenvalue weighted by molar-refractivity contribution is -0.146. The minimum Gasteiger partial charge on any atom is -0.481 e. The highest BCUT2D eigenvalue weighted by molar-refractivity contribution is 6.01. The van der Waals surface area contributed by atoms with Crippen molar-refractivity contribution in [3.05, 3.63) is 35.9 Å². The number of carboxylic acid groups (broad SMARTS) is 2. The predicted molar refractivity (Wildman–Crippen MR) is 349 cm³/mol. The van der Waals surface area contributed by atoms with E-state index in [2.05, 4.69) is 63.8 Å². The highest BCUT2D eigenvalue weighted by atomic mass is 16.4. The Kier molecular flexibility index (Phi) is 37.7. The van der Waals surface area contributed by atoms with Crippen LogP contribution in [0.4, 0.5) is 0 Å². The topological polar surface area (TPSA) is 707 Å². The van der Waals surface area contributed by atoms with Crippen LogP contribution in [0.25, 0.3) is 0 Å². The van der Waals surface area contributed by atoms with Gasteiger partial charge in [0.2, 0.25) is 94.5 Å². The fourth-order valence-corrected chi connectivity index (χ4v) is 9.54. The van der Waals surface area contributed by atoms with Gasteiger partial charge in [0.05, 0.1) is 46.1 Å². The van der Waals surface area contributed by atoms with Gasteiger partial charge < -0.3 is 132 Å². The molecular weight excluding hydrogens is 1370 g/mol. The molecule has 16 amide bonds. The summed E-state index contributed by atoms with van der Waals surface area (Å²) in [6, 6.07) is -17.8. The molecule has 1 aromatic rings. The Morgan fingerprint density at radius 2 is 0.796 bits per heavy atom. The van der Waals surface area contributed by atoms with Crippen molar-refractivity contribution in [2.75, 3.05) is 46.2 Å². The average Bonchev–Trinajstić information content (AvgIpc) is 1.75. The van der Waals surface area contributed by atoms with Crippen molar-refractivity contribution in [3.63, 3.8) is 0 Å². The van der Waals surface area contributed by atoms with Crippen LogP contribution in [0.15, 0.2) is 30.3 Å². The maximum atomic E-state index is 14.1. The highest BCUT2D eigenvalue weighted by Gasteiger charge is 2.41. The van der Waals surface area contributed by atoms with Gasteiger partial charge in [0, 0.05) is 25.8 Å². The number of aliphatic hydroxyl groups excluding tert-OH is 6. The smallest absolute Gasteiger partial charge is 0.328 e. The standard InChI is InChI=1S/C60H93N17O26/c1-26(2)45(76-49(91)31(61)20-78)58(100)73-38(23-81)56(98)72-36(21-79)54(96)68-33(14-16-43(63)85)51(93)69-34(18-30-10-7-6-8-11-30)53(95)71-37(22-80)55(97)70-35(19-44(86)87)52(94)66-27(3)46(88)64-28(4)47(89)67-32(13-15-42(62)84)50(92)65-29(5)48(90)74-39(24-82)59(101)77-17-9-12-41(77)57(99)75-40(25-83)60(102)103/h6-8,10-11,26-29,31-41,45,78-83H,9,12-25,61H2,1-5H3,(H2,62,84)(H2,63,85)(H,64,88)(H,65,92)(H,66,94)(H,67,89)(H,68,96)(H,69,93)(H,70,97)(H,71,95)(H,72,98)(H,73,100)(H,74,90)(H,75,99)(H,76,91)(H,86,87)(H,102,103)/t27-,28-,29-,31-,32-,33-,34-,35-,36-,37-,38-,39-,40-,41-,45-/m0/s1. The molecular formula is C60H93N17O26. The Balaban J connectivity index is 2.25. The number of carbonyl (C=O) groups is 18. The second kappa shape index (κ2) is 43.9. The summed E-state index contributed by atoms with van der Waals surface area (Å²) >= 11 is 0. The molecule has 27 N–H and O–H groups in total. The molecule has 1 aliphatic rings. The number of carbonyl (C=O) groups excluding carboxylic acids is 16. The maximum Gasteiger partial charge on any atom is 0.328 e. The summed E-state index contributed by atoms with van der Waals surface area (Å²) in [6.07, 6.45) is -3.54. The van der Waals surface area contributed by atoms with Gasteiger partial charge in [-0.25, -0.2) is 4.79 Å². The lowest BCUT2D eigenvalue weighted by atomic mass is 10.0. The minimum absolute atomic E-state index is 0.0509. The third-order valence-electron chi connectivity index (χ3n) is 15.5. The Morgan fingerprint density at radius 1 is 0.427 bits per heavy atom. The number of nitrogens with zero attached hydrogens (tertiary/aromatic N) is 1. The lowest BCUT2D eigenvalue weighted by Crippen LogP contribution is -2.62. The number of hydrogen-bond donors (Lipinski definition) is 24. The van der Waals surface area contributed by atoms with Crippen LogP contribution in [0.2, 0.25) is 0 Å². The molecule has 574 valence electrons. The number of amides is 16. The Hall–Kier alpha value is -10.6. The molecule has 0 aliphatic carbocycles. The molecule has 1 aliphatic heterocycles. The first kappa shape index (κ1) is 88.5. The van der Waals surface area contributed by atoms with Gasteiger partial charge in [-0.15, -0.1) is 0 Å². The van der Waals surface area contributed by atoms with Crippen LogP contribution in [0.1, 0.15) is 85.1 Å². The quantitative estimate of drug-likeness (QED) is 0.0288. The Labute approximate surface area is 587 Å². The number of benzene rings is 1. The van der Waals surface area contributed by atoms with Crippen molar-refractivity contribution in [1.29, 1.82) is 0 Å². The van der Waals surface area contributed by atoms with Crippen LogP contribution in [0.3, 0.4) is 0 Å². The van der Waals surface area contributed by atoms with E-state index in [9.17, 15) is 127 Å². The van der Waals surface area contributed by atoms with Crippen LogP contribution in [0, 0.1) is 5.92 Å². The zero-order valence-corrected chi connectivity index (χ0v) is 56.8. The summed E-state index contributed by atoms with van der Waals surface area (Å²) < 4.78 is 0. The van der Waals surface area contributed by atoms with E-state index in [4.69, 9.17) is 17.2 Å². The van der Waals surface area contributed by atoms with Gasteiger partial charge in [-0.2, -0.15) is 0 Å². The zero-order chi connectivity index (χ0) is 78.1. The largest absolute Gasteiger partial charge is 0.481 e. The van der Waals surface area contributed by atoms with Crippen LogP contribution in [0.5, 0.6) is 0 Å². The molecule has 1 aromatic carbocycles. The summed E-state index contributed by atoms with van der Waals surface area (Å²) in [5.41, 5.74) is 16.5. The van der Waals surface area contributed by atoms with E-state index in [0.717, 1.165) is 25.7 Å². The summed E-state index contributed by atoms with van der Waals surface area (Å²) in [5.74, 6) is -22.0. The summed E-state index contributed by atoms with van der Waals surface area (Å²) in [4.78, 5) is 236. The molecule has 0 aromatic heterocycles. The van der Waals surface area contributed by atoms with Gasteiger partial charge in [-0.1, -0.05) is 44.2 Å². The molecule has 1 heterocycles. The normalized spacial score (nSPS) is 16.6. The van der Waals surface area contributed by atoms with E-state index in [1.165, 1.54) is 38.1 Å². The Morgan fingerprint density at radius 3 is 1.22 bits per heavy atom. The van der Waals surface area contributed by atoms with Gasteiger partial charge in [0.25, 0.3) is 0 Å². The van der Waals surface area contributed by atoms with Crippen molar-refractivity contribution >= 4 is 106 Å². The number of hydrogen-bond acceptors (Lipinski definition) is 25. The van der Waals surface area contributed by atoms with E-state index in [-0.39, 0.29) is 19.4 Å².